The average molecular weight is 284 g/mol. The van der Waals surface area contributed by atoms with E-state index in [1.165, 1.54) is 0 Å². The Morgan fingerprint density at radius 2 is 2.05 bits per heavy atom. The summed E-state index contributed by atoms with van der Waals surface area (Å²) in [6.45, 7) is 0.926. The summed E-state index contributed by atoms with van der Waals surface area (Å²) in [7, 11) is 0. The molecule has 0 aromatic heterocycles. The first-order chi connectivity index (χ1) is 10.1. The lowest BCUT2D eigenvalue weighted by Gasteiger charge is -2.47. The standard InChI is InChI=1S/C17H20N2O2/c18-9-8-14(13-4-2-1-3-5-13)10-16(20)19-11-17(21,12-19)15-6-7-15/h1-5,14-15,21H,6-8,10-12H2. The number of hydrogen-bond acceptors (Lipinski definition) is 3. The minimum absolute atomic E-state index is 0.0458. The second kappa shape index (κ2) is 5.50. The van der Waals surface area contributed by atoms with Crippen LogP contribution in [0.4, 0.5) is 0 Å². The number of likely N-dealkylation sites (tertiary alicyclic amines) is 1. The lowest BCUT2D eigenvalue weighted by Crippen LogP contribution is -2.64. The van der Waals surface area contributed by atoms with Crippen molar-refractivity contribution in [2.45, 2.75) is 37.2 Å². The van der Waals surface area contributed by atoms with Gasteiger partial charge >= 0.3 is 0 Å². The molecular formula is C17H20N2O2. The summed E-state index contributed by atoms with van der Waals surface area (Å²) in [5.74, 6) is 0.383. The first-order valence-corrected chi connectivity index (χ1v) is 7.54. The van der Waals surface area contributed by atoms with Gasteiger partial charge in [-0.25, -0.2) is 0 Å². The van der Waals surface area contributed by atoms with Gasteiger partial charge in [0.25, 0.3) is 0 Å². The summed E-state index contributed by atoms with van der Waals surface area (Å²) in [6.07, 6.45) is 2.86. The van der Waals surface area contributed by atoms with Crippen molar-refractivity contribution in [3.05, 3.63) is 35.9 Å². The number of benzene rings is 1. The minimum atomic E-state index is -0.632. The maximum atomic E-state index is 12.3. The van der Waals surface area contributed by atoms with E-state index in [4.69, 9.17) is 5.26 Å². The highest BCUT2D eigenvalue weighted by Crippen LogP contribution is 2.44. The molecule has 0 spiro atoms. The average Bonchev–Trinajstić information content (AvgIpc) is 3.29. The van der Waals surface area contributed by atoms with Gasteiger partial charge in [-0.2, -0.15) is 5.26 Å². The zero-order valence-corrected chi connectivity index (χ0v) is 12.0. The quantitative estimate of drug-likeness (QED) is 0.900. The van der Waals surface area contributed by atoms with Crippen molar-refractivity contribution in [2.75, 3.05) is 13.1 Å². The Balaban J connectivity index is 1.59. The summed E-state index contributed by atoms with van der Waals surface area (Å²) in [4.78, 5) is 14.0. The van der Waals surface area contributed by atoms with Crippen molar-refractivity contribution >= 4 is 5.91 Å². The molecule has 1 aromatic rings. The molecule has 2 fully saturated rings. The Morgan fingerprint density at radius 3 is 2.62 bits per heavy atom. The molecule has 2 aliphatic rings. The molecule has 1 saturated carbocycles. The van der Waals surface area contributed by atoms with Gasteiger partial charge in [0.15, 0.2) is 0 Å². The third kappa shape index (κ3) is 2.93. The van der Waals surface area contributed by atoms with E-state index in [0.717, 1.165) is 18.4 Å². The molecule has 4 heteroatoms. The van der Waals surface area contributed by atoms with Crippen molar-refractivity contribution in [3.63, 3.8) is 0 Å². The summed E-state index contributed by atoms with van der Waals surface area (Å²) in [5, 5.41) is 19.2. The molecule has 1 aliphatic carbocycles. The fraction of sp³-hybridized carbons (Fsp3) is 0.529. The molecule has 3 rings (SSSR count). The molecule has 1 saturated heterocycles. The number of carbonyl (C=O) groups is 1. The first-order valence-electron chi connectivity index (χ1n) is 7.54. The van der Waals surface area contributed by atoms with Crippen LogP contribution in [0.1, 0.15) is 37.2 Å². The van der Waals surface area contributed by atoms with Gasteiger partial charge in [-0.1, -0.05) is 30.3 Å². The predicted octanol–water partition coefficient (Wildman–Crippen LogP) is 2.06. The lowest BCUT2D eigenvalue weighted by atomic mass is 9.86. The Labute approximate surface area is 125 Å². The van der Waals surface area contributed by atoms with Crippen molar-refractivity contribution in [1.29, 1.82) is 5.26 Å². The third-order valence-electron chi connectivity index (χ3n) is 4.65. The highest BCUT2D eigenvalue weighted by Gasteiger charge is 2.53. The van der Waals surface area contributed by atoms with Crippen molar-refractivity contribution < 1.29 is 9.90 Å². The third-order valence-corrected chi connectivity index (χ3v) is 4.65. The van der Waals surface area contributed by atoms with Gasteiger partial charge < -0.3 is 10.0 Å². The first kappa shape index (κ1) is 14.1. The maximum Gasteiger partial charge on any atom is 0.223 e. The maximum absolute atomic E-state index is 12.3. The molecule has 1 aliphatic heterocycles. The van der Waals surface area contributed by atoms with E-state index in [0.29, 0.717) is 31.8 Å². The normalized spacial score (nSPS) is 21.2. The fourth-order valence-corrected chi connectivity index (χ4v) is 3.15. The van der Waals surface area contributed by atoms with Gasteiger partial charge in [-0.3, -0.25) is 4.79 Å². The monoisotopic (exact) mass is 284 g/mol. The van der Waals surface area contributed by atoms with E-state index in [-0.39, 0.29) is 11.8 Å². The molecular weight excluding hydrogens is 264 g/mol. The second-order valence-electron chi connectivity index (χ2n) is 6.30. The van der Waals surface area contributed by atoms with Gasteiger partial charge in [0, 0.05) is 18.8 Å². The van der Waals surface area contributed by atoms with E-state index < -0.39 is 5.60 Å². The van der Waals surface area contributed by atoms with Gasteiger partial charge in [0.05, 0.1) is 19.2 Å². The molecule has 1 aromatic carbocycles. The number of aliphatic hydroxyl groups is 1. The second-order valence-corrected chi connectivity index (χ2v) is 6.30. The summed E-state index contributed by atoms with van der Waals surface area (Å²) < 4.78 is 0. The van der Waals surface area contributed by atoms with Crippen molar-refractivity contribution in [2.24, 2.45) is 5.92 Å². The Kier molecular flexibility index (Phi) is 3.69. The van der Waals surface area contributed by atoms with Crippen LogP contribution in [0.5, 0.6) is 0 Å². The molecule has 1 amide bonds. The van der Waals surface area contributed by atoms with Gasteiger partial charge in [-0.15, -0.1) is 0 Å². The number of rotatable bonds is 5. The summed E-state index contributed by atoms with van der Waals surface area (Å²) >= 11 is 0. The Morgan fingerprint density at radius 1 is 1.38 bits per heavy atom. The summed E-state index contributed by atoms with van der Waals surface area (Å²) in [6, 6.07) is 11.9. The number of amides is 1. The van der Waals surface area contributed by atoms with Crippen LogP contribution in [0.2, 0.25) is 0 Å². The molecule has 110 valence electrons. The highest BCUT2D eigenvalue weighted by molar-refractivity contribution is 5.78. The molecule has 1 N–H and O–H groups in total. The highest BCUT2D eigenvalue weighted by atomic mass is 16.3. The number of nitrogens with zero attached hydrogens (tertiary/aromatic N) is 2. The van der Waals surface area contributed by atoms with Crippen LogP contribution in [0, 0.1) is 17.2 Å². The largest absolute Gasteiger partial charge is 0.386 e. The minimum Gasteiger partial charge on any atom is -0.386 e. The predicted molar refractivity (Wildman–Crippen MR) is 78.3 cm³/mol. The van der Waals surface area contributed by atoms with Crippen LogP contribution < -0.4 is 0 Å². The molecule has 1 heterocycles. The van der Waals surface area contributed by atoms with E-state index >= 15 is 0 Å². The van der Waals surface area contributed by atoms with E-state index in [2.05, 4.69) is 6.07 Å². The molecule has 0 bridgehead atoms. The van der Waals surface area contributed by atoms with Crippen LogP contribution in [0.15, 0.2) is 30.3 Å². The zero-order valence-electron chi connectivity index (χ0n) is 12.0. The van der Waals surface area contributed by atoms with Crippen molar-refractivity contribution in [3.8, 4) is 6.07 Å². The molecule has 21 heavy (non-hydrogen) atoms. The van der Waals surface area contributed by atoms with Crippen LogP contribution in [0.3, 0.4) is 0 Å². The SMILES string of the molecule is N#CCC(CC(=O)N1CC(O)(C2CC2)C1)c1ccccc1. The van der Waals surface area contributed by atoms with Crippen LogP contribution >= 0.6 is 0 Å². The molecule has 1 atom stereocenters. The van der Waals surface area contributed by atoms with Gasteiger partial charge in [0.2, 0.25) is 5.91 Å². The number of hydrogen-bond donors (Lipinski definition) is 1. The van der Waals surface area contributed by atoms with Crippen LogP contribution in [-0.2, 0) is 4.79 Å². The summed E-state index contributed by atoms with van der Waals surface area (Å²) in [5.41, 5.74) is 0.401. The van der Waals surface area contributed by atoms with Crippen LogP contribution in [0.25, 0.3) is 0 Å². The van der Waals surface area contributed by atoms with E-state index in [1.807, 2.05) is 30.3 Å². The topological polar surface area (TPSA) is 64.3 Å². The lowest BCUT2D eigenvalue weighted by molar-refractivity contribution is -0.159. The number of β-amino-alcohol motifs (C(OH)–C–C–N with tert-alkyl or cyclic N) is 1. The van der Waals surface area contributed by atoms with Gasteiger partial charge in [0.1, 0.15) is 5.60 Å². The zero-order chi connectivity index (χ0) is 14.9. The number of carbonyl (C=O) groups excluding carboxylic acids is 1. The molecule has 1 unspecified atom stereocenters. The number of nitriles is 1. The van der Waals surface area contributed by atoms with Crippen molar-refractivity contribution in [1.82, 2.24) is 4.90 Å². The smallest absolute Gasteiger partial charge is 0.223 e. The van der Waals surface area contributed by atoms with E-state index in [9.17, 15) is 9.90 Å². The Hall–Kier alpha value is -1.86. The van der Waals surface area contributed by atoms with Crippen LogP contribution in [-0.4, -0.2) is 34.6 Å². The fourth-order valence-electron chi connectivity index (χ4n) is 3.15. The van der Waals surface area contributed by atoms with E-state index in [1.54, 1.807) is 4.90 Å². The van der Waals surface area contributed by atoms with Gasteiger partial charge in [-0.05, 0) is 24.3 Å². The molecule has 0 radical (unpaired) electrons. The Bertz CT molecular complexity index is 554. The molecule has 4 nitrogen and oxygen atoms in total.